The molecule has 0 radical (unpaired) electrons. The number of hydrogen-bond acceptors (Lipinski definition) is 2. The van der Waals surface area contributed by atoms with Crippen LogP contribution in [0.4, 0.5) is 5.69 Å². The molecule has 142 valence electrons. The van der Waals surface area contributed by atoms with Crippen LogP contribution in [0.3, 0.4) is 0 Å². The molecule has 3 aromatic carbocycles. The van der Waals surface area contributed by atoms with Crippen LogP contribution < -0.4 is 10.1 Å². The number of carbonyl (C=O) groups excluding carboxylic acids is 1. The molecule has 4 rings (SSSR count). The number of aromatic nitrogens is 1. The summed E-state index contributed by atoms with van der Waals surface area (Å²) in [5.74, 6) is 0.421. The number of hydrogen-bond donors (Lipinski definition) is 1. The van der Waals surface area contributed by atoms with Crippen LogP contribution in [0, 0.1) is 6.92 Å². The molecule has 0 atom stereocenters. The third kappa shape index (κ3) is 3.43. The Labute approximate surface area is 168 Å². The van der Waals surface area contributed by atoms with Crippen molar-refractivity contribution in [2.45, 2.75) is 20.4 Å². The van der Waals surface area contributed by atoms with E-state index in [1.54, 1.807) is 12.1 Å². The lowest BCUT2D eigenvalue weighted by Gasteiger charge is -2.09. The molecule has 1 amide bonds. The fraction of sp³-hybridized carbons (Fsp3) is 0.174. The van der Waals surface area contributed by atoms with Gasteiger partial charge in [0.25, 0.3) is 5.91 Å². The van der Waals surface area contributed by atoms with E-state index in [4.69, 9.17) is 16.3 Å². The number of halogens is 1. The average Bonchev–Trinajstić information content (AvgIpc) is 3.02. The zero-order valence-corrected chi connectivity index (χ0v) is 16.6. The van der Waals surface area contributed by atoms with E-state index in [2.05, 4.69) is 35.0 Å². The van der Waals surface area contributed by atoms with Crippen molar-refractivity contribution >= 4 is 45.0 Å². The van der Waals surface area contributed by atoms with Crippen molar-refractivity contribution in [3.63, 3.8) is 0 Å². The van der Waals surface area contributed by atoms with Crippen LogP contribution in [0.25, 0.3) is 21.8 Å². The molecule has 28 heavy (non-hydrogen) atoms. The SMILES string of the molecule is CCn1c2ccccc2c2cc(NC(=O)COc3ccc(Cl)c(C)c3)ccc21. The van der Waals surface area contributed by atoms with Crippen LogP contribution in [0.2, 0.25) is 5.02 Å². The molecule has 4 nitrogen and oxygen atoms in total. The molecule has 0 saturated heterocycles. The van der Waals surface area contributed by atoms with Gasteiger partial charge >= 0.3 is 0 Å². The highest BCUT2D eigenvalue weighted by molar-refractivity contribution is 6.31. The molecule has 0 aliphatic rings. The Hall–Kier alpha value is -2.98. The first-order chi connectivity index (χ1) is 13.6. The summed E-state index contributed by atoms with van der Waals surface area (Å²) < 4.78 is 7.86. The molecule has 1 aromatic heterocycles. The number of ether oxygens (including phenoxy) is 1. The van der Waals surface area contributed by atoms with Crippen LogP contribution in [0.5, 0.6) is 5.75 Å². The topological polar surface area (TPSA) is 43.3 Å². The van der Waals surface area contributed by atoms with Crippen LogP contribution in [-0.2, 0) is 11.3 Å². The normalized spacial score (nSPS) is 11.1. The fourth-order valence-electron chi connectivity index (χ4n) is 3.53. The maximum Gasteiger partial charge on any atom is 0.262 e. The van der Waals surface area contributed by atoms with Gasteiger partial charge in [-0.1, -0.05) is 29.8 Å². The monoisotopic (exact) mass is 392 g/mol. The summed E-state index contributed by atoms with van der Waals surface area (Å²) in [6.45, 7) is 4.87. The second kappa shape index (κ2) is 7.56. The molecule has 0 aliphatic carbocycles. The van der Waals surface area contributed by atoms with E-state index in [0.717, 1.165) is 28.7 Å². The Morgan fingerprint density at radius 1 is 1.04 bits per heavy atom. The summed E-state index contributed by atoms with van der Waals surface area (Å²) in [5, 5.41) is 5.91. The van der Waals surface area contributed by atoms with E-state index >= 15 is 0 Å². The summed E-state index contributed by atoms with van der Waals surface area (Å²) in [5.41, 5.74) is 4.03. The summed E-state index contributed by atoms with van der Waals surface area (Å²) in [4.78, 5) is 12.3. The highest BCUT2D eigenvalue weighted by atomic mass is 35.5. The predicted molar refractivity (Wildman–Crippen MR) is 115 cm³/mol. The van der Waals surface area contributed by atoms with E-state index in [0.29, 0.717) is 10.8 Å². The lowest BCUT2D eigenvalue weighted by atomic mass is 10.1. The van der Waals surface area contributed by atoms with Gasteiger partial charge in [0.05, 0.1) is 0 Å². The Morgan fingerprint density at radius 2 is 1.82 bits per heavy atom. The highest BCUT2D eigenvalue weighted by Gasteiger charge is 2.11. The third-order valence-electron chi connectivity index (χ3n) is 4.87. The van der Waals surface area contributed by atoms with Crippen LogP contribution >= 0.6 is 11.6 Å². The maximum atomic E-state index is 12.3. The second-order valence-electron chi connectivity index (χ2n) is 6.74. The van der Waals surface area contributed by atoms with Gasteiger partial charge < -0.3 is 14.6 Å². The van der Waals surface area contributed by atoms with E-state index in [9.17, 15) is 4.79 Å². The quantitative estimate of drug-likeness (QED) is 0.466. The van der Waals surface area contributed by atoms with Crippen LogP contribution in [0.1, 0.15) is 12.5 Å². The molecule has 0 unspecified atom stereocenters. The minimum atomic E-state index is -0.203. The number of nitrogens with zero attached hydrogens (tertiary/aromatic N) is 1. The molecular formula is C23H21ClN2O2. The average molecular weight is 393 g/mol. The first-order valence-corrected chi connectivity index (χ1v) is 9.64. The zero-order chi connectivity index (χ0) is 19.7. The number of amides is 1. The van der Waals surface area contributed by atoms with Crippen molar-refractivity contribution in [3.05, 3.63) is 71.2 Å². The lowest BCUT2D eigenvalue weighted by molar-refractivity contribution is -0.118. The maximum absolute atomic E-state index is 12.3. The molecule has 0 fully saturated rings. The number of anilines is 1. The Morgan fingerprint density at radius 3 is 2.61 bits per heavy atom. The zero-order valence-electron chi connectivity index (χ0n) is 15.8. The molecule has 1 N–H and O–H groups in total. The number of para-hydroxylation sites is 1. The molecular weight excluding hydrogens is 372 g/mol. The van der Waals surface area contributed by atoms with Crippen molar-refractivity contribution < 1.29 is 9.53 Å². The van der Waals surface area contributed by atoms with Gasteiger partial charge in [0, 0.05) is 39.1 Å². The van der Waals surface area contributed by atoms with Gasteiger partial charge in [0.1, 0.15) is 5.75 Å². The molecule has 5 heteroatoms. The molecule has 0 aliphatic heterocycles. The van der Waals surface area contributed by atoms with Crippen molar-refractivity contribution in [1.29, 1.82) is 0 Å². The molecule has 1 heterocycles. The van der Waals surface area contributed by atoms with Crippen LogP contribution in [-0.4, -0.2) is 17.1 Å². The van der Waals surface area contributed by atoms with Gasteiger partial charge in [0.15, 0.2) is 6.61 Å². The summed E-state index contributed by atoms with van der Waals surface area (Å²) in [7, 11) is 0. The summed E-state index contributed by atoms with van der Waals surface area (Å²) in [6, 6.07) is 19.7. The van der Waals surface area contributed by atoms with Gasteiger partial charge in [-0.3, -0.25) is 4.79 Å². The Bertz CT molecular complexity index is 1180. The van der Waals surface area contributed by atoms with Crippen molar-refractivity contribution in [3.8, 4) is 5.75 Å². The van der Waals surface area contributed by atoms with Crippen molar-refractivity contribution in [2.75, 3.05) is 11.9 Å². The number of carbonyl (C=O) groups is 1. The summed E-state index contributed by atoms with van der Waals surface area (Å²) in [6.07, 6.45) is 0. The van der Waals surface area contributed by atoms with Gasteiger partial charge in [-0.25, -0.2) is 0 Å². The number of rotatable bonds is 5. The largest absolute Gasteiger partial charge is 0.484 e. The highest BCUT2D eigenvalue weighted by Crippen LogP contribution is 2.31. The van der Waals surface area contributed by atoms with Gasteiger partial charge in [-0.2, -0.15) is 0 Å². The smallest absolute Gasteiger partial charge is 0.262 e. The summed E-state index contributed by atoms with van der Waals surface area (Å²) >= 11 is 6.02. The molecule has 0 bridgehead atoms. The molecule has 0 saturated carbocycles. The number of benzene rings is 3. The number of nitrogens with one attached hydrogen (secondary N) is 1. The van der Waals surface area contributed by atoms with Gasteiger partial charge in [-0.05, 0) is 61.9 Å². The number of aryl methyl sites for hydroxylation is 2. The van der Waals surface area contributed by atoms with E-state index < -0.39 is 0 Å². The van der Waals surface area contributed by atoms with Crippen LogP contribution in [0.15, 0.2) is 60.7 Å². The second-order valence-corrected chi connectivity index (χ2v) is 7.15. The Kier molecular flexibility index (Phi) is 4.97. The minimum absolute atomic E-state index is 0.0597. The first kappa shape index (κ1) is 18.4. The standard InChI is InChI=1S/C23H21ClN2O2/c1-3-26-21-7-5-4-6-18(21)19-13-16(8-11-22(19)26)25-23(27)14-28-17-9-10-20(24)15(2)12-17/h4-13H,3,14H2,1-2H3,(H,25,27). The Balaban J connectivity index is 1.53. The van der Waals surface area contributed by atoms with E-state index in [-0.39, 0.29) is 12.5 Å². The molecule has 4 aromatic rings. The van der Waals surface area contributed by atoms with E-state index in [1.807, 2.05) is 37.3 Å². The van der Waals surface area contributed by atoms with Crippen molar-refractivity contribution in [2.24, 2.45) is 0 Å². The number of fused-ring (bicyclic) bond motifs is 3. The minimum Gasteiger partial charge on any atom is -0.484 e. The van der Waals surface area contributed by atoms with Crippen molar-refractivity contribution in [1.82, 2.24) is 4.57 Å². The predicted octanol–water partition coefficient (Wildman–Crippen LogP) is 5.79. The van der Waals surface area contributed by atoms with Gasteiger partial charge in [0.2, 0.25) is 0 Å². The lowest BCUT2D eigenvalue weighted by Crippen LogP contribution is -2.20. The fourth-order valence-corrected chi connectivity index (χ4v) is 3.64. The molecule has 0 spiro atoms. The third-order valence-corrected chi connectivity index (χ3v) is 5.30. The first-order valence-electron chi connectivity index (χ1n) is 9.26. The van der Waals surface area contributed by atoms with E-state index in [1.165, 1.54) is 10.9 Å². The van der Waals surface area contributed by atoms with Gasteiger partial charge in [-0.15, -0.1) is 0 Å².